The second-order valence-electron chi connectivity index (χ2n) is 4.15. The molecule has 17 heavy (non-hydrogen) atoms. The van der Waals surface area contributed by atoms with Crippen LogP contribution in [0.4, 0.5) is 4.39 Å². The predicted molar refractivity (Wildman–Crippen MR) is 64.5 cm³/mol. The number of hydrogen-bond donors (Lipinski definition) is 2. The Bertz CT molecular complexity index is 484. The number of sulfonamides is 1. The lowest BCUT2D eigenvalue weighted by Crippen LogP contribution is -2.50. The molecule has 1 atom stereocenters. The van der Waals surface area contributed by atoms with Crippen molar-refractivity contribution >= 4 is 10.0 Å². The molecule has 0 aliphatic heterocycles. The van der Waals surface area contributed by atoms with Crippen molar-refractivity contribution in [1.82, 2.24) is 4.72 Å². The number of rotatable bonds is 5. The minimum atomic E-state index is -3.88. The smallest absolute Gasteiger partial charge is 0.244 e. The van der Waals surface area contributed by atoms with E-state index in [4.69, 9.17) is 5.73 Å². The first-order chi connectivity index (χ1) is 7.84. The van der Waals surface area contributed by atoms with E-state index in [2.05, 4.69) is 4.72 Å². The van der Waals surface area contributed by atoms with Gasteiger partial charge in [0.2, 0.25) is 10.0 Å². The van der Waals surface area contributed by atoms with Crippen LogP contribution < -0.4 is 10.5 Å². The third-order valence-corrected chi connectivity index (χ3v) is 4.41. The van der Waals surface area contributed by atoms with E-state index >= 15 is 0 Å². The van der Waals surface area contributed by atoms with Gasteiger partial charge in [0.1, 0.15) is 10.7 Å². The van der Waals surface area contributed by atoms with E-state index in [0.29, 0.717) is 6.42 Å². The molecule has 1 unspecified atom stereocenters. The summed E-state index contributed by atoms with van der Waals surface area (Å²) in [5, 5.41) is 0. The van der Waals surface area contributed by atoms with Crippen molar-refractivity contribution in [3.8, 4) is 0 Å². The van der Waals surface area contributed by atoms with E-state index in [9.17, 15) is 12.8 Å². The maximum atomic E-state index is 13.4. The van der Waals surface area contributed by atoms with Crippen LogP contribution in [0.1, 0.15) is 20.3 Å². The molecule has 0 fully saturated rings. The third kappa shape index (κ3) is 3.24. The van der Waals surface area contributed by atoms with Gasteiger partial charge in [0, 0.05) is 12.1 Å². The molecule has 0 amide bonds. The lowest BCUT2D eigenvalue weighted by molar-refractivity contribution is 0.410. The average molecular weight is 260 g/mol. The van der Waals surface area contributed by atoms with E-state index in [1.54, 1.807) is 6.92 Å². The van der Waals surface area contributed by atoms with Crippen LogP contribution >= 0.6 is 0 Å². The molecule has 0 aromatic heterocycles. The predicted octanol–water partition coefficient (Wildman–Crippen LogP) is 1.23. The molecule has 3 N–H and O–H groups in total. The lowest BCUT2D eigenvalue weighted by Gasteiger charge is -2.27. The van der Waals surface area contributed by atoms with Crippen LogP contribution in [-0.4, -0.2) is 20.5 Å². The molecule has 4 nitrogen and oxygen atoms in total. The second-order valence-corrected chi connectivity index (χ2v) is 5.81. The molecule has 6 heteroatoms. The van der Waals surface area contributed by atoms with E-state index in [0.717, 1.165) is 6.07 Å². The summed E-state index contributed by atoms with van der Waals surface area (Å²) in [6.07, 6.45) is 0.525. The van der Waals surface area contributed by atoms with Crippen LogP contribution in [0.15, 0.2) is 29.2 Å². The van der Waals surface area contributed by atoms with Crippen molar-refractivity contribution in [2.75, 3.05) is 6.54 Å². The lowest BCUT2D eigenvalue weighted by atomic mass is 10.0. The average Bonchev–Trinajstić information content (AvgIpc) is 2.28. The molecular weight excluding hydrogens is 243 g/mol. The Morgan fingerprint density at radius 3 is 2.47 bits per heavy atom. The number of nitrogens with one attached hydrogen (secondary N) is 1. The Kier molecular flexibility index (Phi) is 4.24. The van der Waals surface area contributed by atoms with E-state index in [-0.39, 0.29) is 11.4 Å². The largest absolute Gasteiger partial charge is 0.329 e. The standard InChI is InChI=1S/C11H17FN2O2S/c1-3-11(2,8-13)14-17(15,16)10-7-5-4-6-9(10)12/h4-7,14H,3,8,13H2,1-2H3. The maximum absolute atomic E-state index is 13.4. The Morgan fingerprint density at radius 1 is 1.41 bits per heavy atom. The number of halogens is 1. The van der Waals surface area contributed by atoms with Crippen LogP contribution in [0, 0.1) is 5.82 Å². The fourth-order valence-corrected chi connectivity index (χ4v) is 2.87. The van der Waals surface area contributed by atoms with Crippen LogP contribution in [0.25, 0.3) is 0 Å². The molecule has 0 bridgehead atoms. The summed E-state index contributed by atoms with van der Waals surface area (Å²) in [6, 6.07) is 5.25. The topological polar surface area (TPSA) is 72.2 Å². The molecule has 0 saturated carbocycles. The van der Waals surface area contributed by atoms with Crippen LogP contribution in [0.2, 0.25) is 0 Å². The fraction of sp³-hybridized carbons (Fsp3) is 0.455. The zero-order chi connectivity index (χ0) is 13.1. The van der Waals surface area contributed by atoms with Gasteiger partial charge in [0.25, 0.3) is 0 Å². The van der Waals surface area contributed by atoms with Crippen molar-refractivity contribution in [3.63, 3.8) is 0 Å². The van der Waals surface area contributed by atoms with Gasteiger partial charge in [-0.05, 0) is 25.5 Å². The molecule has 1 aromatic rings. The third-order valence-electron chi connectivity index (χ3n) is 2.74. The minimum Gasteiger partial charge on any atom is -0.329 e. The van der Waals surface area contributed by atoms with Gasteiger partial charge in [-0.15, -0.1) is 0 Å². The molecule has 0 radical (unpaired) electrons. The number of benzene rings is 1. The first kappa shape index (κ1) is 14.1. The quantitative estimate of drug-likeness (QED) is 0.836. The number of hydrogen-bond acceptors (Lipinski definition) is 3. The van der Waals surface area contributed by atoms with Gasteiger partial charge < -0.3 is 5.73 Å². The maximum Gasteiger partial charge on any atom is 0.244 e. The van der Waals surface area contributed by atoms with Crippen LogP contribution in [-0.2, 0) is 10.0 Å². The van der Waals surface area contributed by atoms with Gasteiger partial charge in [-0.1, -0.05) is 19.1 Å². The second kappa shape index (κ2) is 5.12. The Hall–Kier alpha value is -0.980. The summed E-state index contributed by atoms with van der Waals surface area (Å²) < 4.78 is 39.8. The van der Waals surface area contributed by atoms with Gasteiger partial charge in [0.05, 0.1) is 0 Å². The van der Waals surface area contributed by atoms with Gasteiger partial charge in [-0.3, -0.25) is 0 Å². The first-order valence-corrected chi connectivity index (χ1v) is 6.81. The summed E-state index contributed by atoms with van der Waals surface area (Å²) in [5.74, 6) is -0.768. The summed E-state index contributed by atoms with van der Waals surface area (Å²) >= 11 is 0. The Balaban J connectivity index is 3.10. The molecule has 96 valence electrons. The van der Waals surface area contributed by atoms with Gasteiger partial charge >= 0.3 is 0 Å². The van der Waals surface area contributed by atoms with Crippen molar-refractivity contribution < 1.29 is 12.8 Å². The van der Waals surface area contributed by atoms with Gasteiger partial charge in [-0.25, -0.2) is 17.5 Å². The minimum absolute atomic E-state index is 0.150. The molecule has 1 aromatic carbocycles. The molecular formula is C11H17FN2O2S. The summed E-state index contributed by atoms with van der Waals surface area (Å²) in [7, 11) is -3.88. The van der Waals surface area contributed by atoms with E-state index < -0.39 is 21.4 Å². The molecule has 0 aliphatic carbocycles. The van der Waals surface area contributed by atoms with E-state index in [1.165, 1.54) is 18.2 Å². The monoisotopic (exact) mass is 260 g/mol. The Morgan fingerprint density at radius 2 is 2.00 bits per heavy atom. The SMILES string of the molecule is CCC(C)(CN)NS(=O)(=O)c1ccccc1F. The highest BCUT2D eigenvalue weighted by Gasteiger charge is 2.29. The summed E-state index contributed by atoms with van der Waals surface area (Å²) in [5.41, 5.74) is 4.76. The van der Waals surface area contributed by atoms with Crippen molar-refractivity contribution in [2.24, 2.45) is 5.73 Å². The van der Waals surface area contributed by atoms with Crippen LogP contribution in [0.5, 0.6) is 0 Å². The molecule has 0 saturated heterocycles. The Labute approximate surface area is 101 Å². The highest BCUT2D eigenvalue weighted by Crippen LogP contribution is 2.17. The molecule has 0 aliphatic rings. The zero-order valence-electron chi connectivity index (χ0n) is 9.90. The van der Waals surface area contributed by atoms with Gasteiger partial charge in [-0.2, -0.15) is 0 Å². The summed E-state index contributed by atoms with van der Waals surface area (Å²) in [6.45, 7) is 3.65. The zero-order valence-corrected chi connectivity index (χ0v) is 10.7. The molecule has 0 spiro atoms. The van der Waals surface area contributed by atoms with Crippen LogP contribution in [0.3, 0.4) is 0 Å². The highest BCUT2D eigenvalue weighted by molar-refractivity contribution is 7.89. The van der Waals surface area contributed by atoms with Crippen molar-refractivity contribution in [2.45, 2.75) is 30.7 Å². The molecule has 1 rings (SSSR count). The number of nitrogens with two attached hydrogens (primary N) is 1. The fourth-order valence-electron chi connectivity index (χ4n) is 1.30. The highest BCUT2D eigenvalue weighted by atomic mass is 32.2. The van der Waals surface area contributed by atoms with Crippen molar-refractivity contribution in [1.29, 1.82) is 0 Å². The van der Waals surface area contributed by atoms with Crippen molar-refractivity contribution in [3.05, 3.63) is 30.1 Å². The van der Waals surface area contributed by atoms with Gasteiger partial charge in [0.15, 0.2) is 0 Å². The summed E-state index contributed by atoms with van der Waals surface area (Å²) in [4.78, 5) is -0.354. The first-order valence-electron chi connectivity index (χ1n) is 5.33. The normalized spacial score (nSPS) is 15.5. The van der Waals surface area contributed by atoms with E-state index in [1.807, 2.05) is 6.92 Å². The molecule has 0 heterocycles.